The quantitative estimate of drug-likeness (QED) is 0.431. The first-order valence-electron chi connectivity index (χ1n) is 12.5. The summed E-state index contributed by atoms with van der Waals surface area (Å²) in [5.74, 6) is 1.59. The summed E-state index contributed by atoms with van der Waals surface area (Å²) in [7, 11) is 1.58. The van der Waals surface area contributed by atoms with Crippen LogP contribution in [0, 0.1) is 11.7 Å². The van der Waals surface area contributed by atoms with Crippen LogP contribution in [-0.4, -0.2) is 56.3 Å². The third-order valence-electron chi connectivity index (χ3n) is 7.25. The summed E-state index contributed by atoms with van der Waals surface area (Å²) in [4.78, 5) is 33.3. The number of aromatic nitrogens is 1. The molecular formula is C27H31FN4O4. The van der Waals surface area contributed by atoms with E-state index in [1.54, 1.807) is 25.4 Å². The molecule has 0 amide bonds. The van der Waals surface area contributed by atoms with E-state index in [0.717, 1.165) is 56.6 Å². The Morgan fingerprint density at radius 3 is 2.64 bits per heavy atom. The zero-order valence-corrected chi connectivity index (χ0v) is 20.5. The van der Waals surface area contributed by atoms with Gasteiger partial charge in [0, 0.05) is 25.7 Å². The molecule has 3 heterocycles. The van der Waals surface area contributed by atoms with E-state index < -0.39 is 10.9 Å². The number of benzene rings is 1. The standard InChI is InChI=1S/C27H31FN4O4/c1-35-23-16-19-8-13-32(22(19)17-30-23)25-24(26(33)27(25)34)29-10-14-31-11-6-18(7-12-31)9-15-36-21-4-2-20(28)3-5-21/h2-5,16-18,29H,6-15H2,1H3. The molecule has 2 aliphatic rings. The molecule has 5 rings (SSSR count). The minimum absolute atomic E-state index is 0.260. The van der Waals surface area contributed by atoms with Crippen molar-refractivity contribution in [2.45, 2.75) is 25.7 Å². The fraction of sp³-hybridized carbons (Fsp3) is 0.444. The van der Waals surface area contributed by atoms with E-state index in [1.807, 2.05) is 11.0 Å². The number of rotatable bonds is 10. The van der Waals surface area contributed by atoms with Crippen LogP contribution in [0.3, 0.4) is 0 Å². The summed E-state index contributed by atoms with van der Waals surface area (Å²) < 4.78 is 23.9. The summed E-state index contributed by atoms with van der Waals surface area (Å²) in [6.45, 7) is 4.68. The Hall–Kier alpha value is -3.46. The smallest absolute Gasteiger partial charge is 0.253 e. The molecule has 190 valence electrons. The number of pyridine rings is 1. The largest absolute Gasteiger partial charge is 0.494 e. The van der Waals surface area contributed by atoms with Crippen molar-refractivity contribution in [3.8, 4) is 11.6 Å². The van der Waals surface area contributed by atoms with Crippen LogP contribution in [-0.2, 0) is 6.42 Å². The molecule has 2 aromatic carbocycles. The van der Waals surface area contributed by atoms with Crippen molar-refractivity contribution in [2.24, 2.45) is 5.92 Å². The van der Waals surface area contributed by atoms with Gasteiger partial charge in [-0.1, -0.05) is 0 Å². The van der Waals surface area contributed by atoms with Crippen LogP contribution in [0.5, 0.6) is 11.6 Å². The third kappa shape index (κ3) is 5.06. The van der Waals surface area contributed by atoms with Gasteiger partial charge in [0.1, 0.15) is 22.9 Å². The lowest BCUT2D eigenvalue weighted by Gasteiger charge is -2.32. The number of fused-ring (bicyclic) bond motifs is 1. The van der Waals surface area contributed by atoms with Crippen LogP contribution in [0.2, 0.25) is 0 Å². The zero-order chi connectivity index (χ0) is 25.1. The number of piperidine rings is 1. The summed E-state index contributed by atoms with van der Waals surface area (Å²) in [6, 6.07) is 8.01. The zero-order valence-electron chi connectivity index (χ0n) is 20.5. The Bertz CT molecular complexity index is 1260. The van der Waals surface area contributed by atoms with E-state index in [1.165, 1.54) is 12.1 Å². The summed E-state index contributed by atoms with van der Waals surface area (Å²) >= 11 is 0. The SMILES string of the molecule is COc1cc2c(cn1)N(c1c(NCCN3CCC(CCOc4ccc(F)cc4)CC3)c(=O)c1=O)CC2. The van der Waals surface area contributed by atoms with Crippen LogP contribution in [0.4, 0.5) is 21.5 Å². The van der Waals surface area contributed by atoms with Crippen LogP contribution in [0.25, 0.3) is 0 Å². The van der Waals surface area contributed by atoms with E-state index >= 15 is 0 Å². The first-order chi connectivity index (χ1) is 17.5. The number of halogens is 1. The van der Waals surface area contributed by atoms with Crippen molar-refractivity contribution >= 4 is 17.1 Å². The molecule has 0 saturated carbocycles. The highest BCUT2D eigenvalue weighted by Gasteiger charge is 2.31. The highest BCUT2D eigenvalue weighted by molar-refractivity contribution is 5.82. The van der Waals surface area contributed by atoms with Gasteiger partial charge in [-0.15, -0.1) is 0 Å². The van der Waals surface area contributed by atoms with Gasteiger partial charge in [-0.25, -0.2) is 9.37 Å². The first kappa shape index (κ1) is 24.2. The second-order valence-electron chi connectivity index (χ2n) is 9.44. The summed E-state index contributed by atoms with van der Waals surface area (Å²) in [6.07, 6.45) is 5.65. The van der Waals surface area contributed by atoms with Crippen molar-refractivity contribution in [3.63, 3.8) is 0 Å². The Kier molecular flexibility index (Phi) is 7.18. The number of anilines is 3. The highest BCUT2D eigenvalue weighted by atomic mass is 19.1. The van der Waals surface area contributed by atoms with Crippen LogP contribution in [0.15, 0.2) is 46.1 Å². The van der Waals surface area contributed by atoms with E-state index in [9.17, 15) is 14.0 Å². The number of hydrogen-bond donors (Lipinski definition) is 1. The molecule has 1 fully saturated rings. The fourth-order valence-corrected chi connectivity index (χ4v) is 5.12. The molecule has 3 aromatic rings. The van der Waals surface area contributed by atoms with Gasteiger partial charge in [0.05, 0.1) is 25.6 Å². The van der Waals surface area contributed by atoms with Gasteiger partial charge in [-0.3, -0.25) is 9.59 Å². The highest BCUT2D eigenvalue weighted by Crippen LogP contribution is 2.37. The van der Waals surface area contributed by atoms with E-state index in [0.29, 0.717) is 48.6 Å². The third-order valence-corrected chi connectivity index (χ3v) is 7.25. The lowest BCUT2D eigenvalue weighted by Crippen LogP contribution is -2.42. The first-order valence-corrected chi connectivity index (χ1v) is 12.5. The molecule has 0 aliphatic carbocycles. The number of methoxy groups -OCH3 is 1. The van der Waals surface area contributed by atoms with Crippen molar-refractivity contribution in [1.29, 1.82) is 0 Å². The van der Waals surface area contributed by atoms with Crippen LogP contribution in [0.1, 0.15) is 24.8 Å². The number of likely N-dealkylation sites (tertiary alicyclic amines) is 1. The number of ether oxygens (including phenoxy) is 2. The van der Waals surface area contributed by atoms with Gasteiger partial charge < -0.3 is 24.6 Å². The van der Waals surface area contributed by atoms with Gasteiger partial charge >= 0.3 is 0 Å². The molecule has 1 aromatic heterocycles. The molecule has 0 bridgehead atoms. The molecule has 1 N–H and O–H groups in total. The topological polar surface area (TPSA) is 84.0 Å². The molecule has 0 spiro atoms. The second-order valence-corrected chi connectivity index (χ2v) is 9.44. The predicted molar refractivity (Wildman–Crippen MR) is 137 cm³/mol. The van der Waals surface area contributed by atoms with E-state index in [-0.39, 0.29) is 5.82 Å². The monoisotopic (exact) mass is 494 g/mol. The van der Waals surface area contributed by atoms with Gasteiger partial charge in [-0.2, -0.15) is 0 Å². The second kappa shape index (κ2) is 10.7. The minimum atomic E-state index is -0.445. The van der Waals surface area contributed by atoms with E-state index in [4.69, 9.17) is 9.47 Å². The predicted octanol–water partition coefficient (Wildman–Crippen LogP) is 3.11. The van der Waals surface area contributed by atoms with Gasteiger partial charge in [0.25, 0.3) is 10.9 Å². The lowest BCUT2D eigenvalue weighted by atomic mass is 9.94. The Balaban J connectivity index is 1.07. The minimum Gasteiger partial charge on any atom is -0.494 e. The Labute approximate surface area is 209 Å². The van der Waals surface area contributed by atoms with E-state index in [2.05, 4.69) is 15.2 Å². The maximum Gasteiger partial charge on any atom is 0.253 e. The Morgan fingerprint density at radius 1 is 1.11 bits per heavy atom. The molecule has 1 saturated heterocycles. The Morgan fingerprint density at radius 2 is 1.89 bits per heavy atom. The van der Waals surface area contributed by atoms with Crippen molar-refractivity contribution in [3.05, 3.63) is 68.4 Å². The lowest BCUT2D eigenvalue weighted by molar-refractivity contribution is 0.167. The van der Waals surface area contributed by atoms with Crippen LogP contribution < -0.4 is 30.5 Å². The molecule has 8 nitrogen and oxygen atoms in total. The summed E-state index contributed by atoms with van der Waals surface area (Å²) in [5.41, 5.74) is 1.90. The molecule has 0 radical (unpaired) electrons. The summed E-state index contributed by atoms with van der Waals surface area (Å²) in [5, 5.41) is 3.23. The van der Waals surface area contributed by atoms with Gasteiger partial charge in [-0.05, 0) is 74.5 Å². The maximum absolute atomic E-state index is 13.0. The molecule has 0 unspecified atom stereocenters. The fourth-order valence-electron chi connectivity index (χ4n) is 5.12. The molecular weight excluding hydrogens is 463 g/mol. The molecule has 36 heavy (non-hydrogen) atoms. The van der Waals surface area contributed by atoms with Crippen molar-refractivity contribution in [1.82, 2.24) is 9.88 Å². The number of nitrogens with zero attached hydrogens (tertiary/aromatic N) is 3. The normalized spacial score (nSPS) is 16.3. The average Bonchev–Trinajstić information content (AvgIpc) is 3.32. The van der Waals surface area contributed by atoms with Gasteiger partial charge in [0.2, 0.25) is 5.88 Å². The molecule has 2 aliphatic heterocycles. The molecule has 0 atom stereocenters. The molecule has 9 heteroatoms. The number of nitrogens with one attached hydrogen (secondary N) is 1. The van der Waals surface area contributed by atoms with Crippen LogP contribution >= 0.6 is 0 Å². The number of hydrogen-bond acceptors (Lipinski definition) is 8. The van der Waals surface area contributed by atoms with Crippen molar-refractivity contribution < 1.29 is 13.9 Å². The van der Waals surface area contributed by atoms with Gasteiger partial charge in [0.15, 0.2) is 0 Å². The average molecular weight is 495 g/mol. The maximum atomic E-state index is 13.0. The van der Waals surface area contributed by atoms with Crippen molar-refractivity contribution in [2.75, 3.05) is 56.7 Å².